The molecule has 2 atom stereocenters. The Morgan fingerprint density at radius 3 is 1.73 bits per heavy atom. The van der Waals surface area contributed by atoms with Crippen LogP contribution in [0.15, 0.2) is 115 Å². The summed E-state index contributed by atoms with van der Waals surface area (Å²) in [5, 5.41) is 0. The summed E-state index contributed by atoms with van der Waals surface area (Å²) in [5.74, 6) is 0. The van der Waals surface area contributed by atoms with Gasteiger partial charge in [0.2, 0.25) is 0 Å². The molecule has 10 rings (SSSR count). The monoisotopic (exact) mass is 816 g/mol. The zero-order valence-corrected chi connectivity index (χ0v) is 39.7. The lowest BCUT2D eigenvalue weighted by molar-refractivity contribution is 0.195. The zero-order chi connectivity index (χ0) is 43.9. The van der Waals surface area contributed by atoms with Crippen LogP contribution in [0.5, 0.6) is 0 Å². The number of hydrogen-bond donors (Lipinski definition) is 0. The molecule has 0 amide bonds. The van der Waals surface area contributed by atoms with Gasteiger partial charge in [0, 0.05) is 50.9 Å². The molecule has 0 bridgehead atoms. The van der Waals surface area contributed by atoms with Gasteiger partial charge in [-0.05, 0) is 154 Å². The average molecular weight is 816 g/mol. The number of hydrogen-bond acceptors (Lipinski definition) is 3. The molecule has 6 aromatic rings. The van der Waals surface area contributed by atoms with Gasteiger partial charge < -0.3 is 14.7 Å². The summed E-state index contributed by atoms with van der Waals surface area (Å²) in [4.78, 5) is 7.96. The molecule has 1 fully saturated rings. The molecular formula is C58H66BN3. The molecule has 0 saturated heterocycles. The highest BCUT2D eigenvalue weighted by Gasteiger charge is 2.57. The van der Waals surface area contributed by atoms with E-state index in [1.54, 1.807) is 0 Å². The third kappa shape index (κ3) is 5.98. The molecule has 316 valence electrons. The first kappa shape index (κ1) is 40.8. The maximum Gasteiger partial charge on any atom is 0.252 e. The maximum absolute atomic E-state index is 2.75. The minimum absolute atomic E-state index is 0.00601. The van der Waals surface area contributed by atoms with Crippen molar-refractivity contribution in [2.45, 2.75) is 143 Å². The molecule has 0 N–H and O–H groups in total. The van der Waals surface area contributed by atoms with E-state index >= 15 is 0 Å². The van der Waals surface area contributed by atoms with Crippen molar-refractivity contribution in [2.75, 3.05) is 14.7 Å². The van der Waals surface area contributed by atoms with Gasteiger partial charge in [-0.25, -0.2) is 0 Å². The molecule has 0 radical (unpaired) electrons. The lowest BCUT2D eigenvalue weighted by atomic mass is 9.33. The Bertz CT molecular complexity index is 2780. The lowest BCUT2D eigenvalue weighted by Gasteiger charge is -2.50. The van der Waals surface area contributed by atoms with Crippen LogP contribution >= 0.6 is 0 Å². The SMILES string of the molecule is Cc1cc2c3c(c1)N(c1ccc(C(C)(C)C)cc1C)c1ccc(C(C)(C)C)cc1B3c1ccc(N3c4ccccc4C4(C)CCCCC34C)cc1N2c1ccc(C(C)(C)C)cc1. The molecule has 1 aliphatic carbocycles. The number of fused-ring (bicyclic) bond motifs is 7. The molecule has 3 nitrogen and oxygen atoms in total. The van der Waals surface area contributed by atoms with E-state index in [0.29, 0.717) is 0 Å². The van der Waals surface area contributed by atoms with Crippen LogP contribution in [-0.4, -0.2) is 12.3 Å². The molecule has 2 unspecified atom stereocenters. The summed E-state index contributed by atoms with van der Waals surface area (Å²) in [6.45, 7) is 30.7. The van der Waals surface area contributed by atoms with E-state index in [2.05, 4.69) is 220 Å². The Hall–Kier alpha value is -5.22. The second kappa shape index (κ2) is 13.6. The topological polar surface area (TPSA) is 9.72 Å². The second-order valence-electron chi connectivity index (χ2n) is 22.8. The van der Waals surface area contributed by atoms with E-state index < -0.39 is 0 Å². The van der Waals surface area contributed by atoms with Crippen LogP contribution in [-0.2, 0) is 21.7 Å². The van der Waals surface area contributed by atoms with Crippen LogP contribution in [0.2, 0.25) is 0 Å². The number of nitrogens with zero attached hydrogens (tertiary/aromatic N) is 3. The van der Waals surface area contributed by atoms with E-state index in [-0.39, 0.29) is 33.9 Å². The predicted molar refractivity (Wildman–Crippen MR) is 269 cm³/mol. The Kier molecular flexibility index (Phi) is 8.98. The van der Waals surface area contributed by atoms with E-state index in [1.807, 2.05) is 0 Å². The van der Waals surface area contributed by atoms with Gasteiger partial charge in [0.15, 0.2) is 0 Å². The largest absolute Gasteiger partial charge is 0.334 e. The van der Waals surface area contributed by atoms with Gasteiger partial charge in [0.1, 0.15) is 0 Å². The number of para-hydroxylation sites is 1. The third-order valence-electron chi connectivity index (χ3n) is 15.6. The van der Waals surface area contributed by atoms with Crippen molar-refractivity contribution in [3.63, 3.8) is 0 Å². The Morgan fingerprint density at radius 1 is 0.484 bits per heavy atom. The van der Waals surface area contributed by atoms with Crippen molar-refractivity contribution in [1.82, 2.24) is 0 Å². The predicted octanol–water partition coefficient (Wildman–Crippen LogP) is 14.0. The molecule has 62 heavy (non-hydrogen) atoms. The van der Waals surface area contributed by atoms with Crippen LogP contribution in [0.4, 0.5) is 45.5 Å². The highest BCUT2D eigenvalue weighted by Crippen LogP contribution is 2.61. The zero-order valence-electron chi connectivity index (χ0n) is 39.7. The summed E-state index contributed by atoms with van der Waals surface area (Å²) in [6, 6.07) is 45.7. The minimum atomic E-state index is -0.0291. The first-order chi connectivity index (χ1) is 29.2. The second-order valence-corrected chi connectivity index (χ2v) is 22.8. The van der Waals surface area contributed by atoms with Gasteiger partial charge in [-0.2, -0.15) is 0 Å². The highest BCUT2D eigenvalue weighted by atomic mass is 15.3. The van der Waals surface area contributed by atoms with Crippen molar-refractivity contribution < 1.29 is 0 Å². The fraction of sp³-hybridized carbons (Fsp3) is 0.379. The van der Waals surface area contributed by atoms with Gasteiger partial charge in [-0.1, -0.05) is 143 Å². The van der Waals surface area contributed by atoms with Crippen LogP contribution in [0.25, 0.3) is 0 Å². The van der Waals surface area contributed by atoms with E-state index in [4.69, 9.17) is 0 Å². The van der Waals surface area contributed by atoms with Gasteiger partial charge in [0.25, 0.3) is 6.71 Å². The Balaban J connectivity index is 1.26. The molecule has 6 aromatic carbocycles. The van der Waals surface area contributed by atoms with Crippen molar-refractivity contribution in [3.8, 4) is 0 Å². The van der Waals surface area contributed by atoms with Gasteiger partial charge in [0.05, 0.1) is 5.54 Å². The third-order valence-corrected chi connectivity index (χ3v) is 15.6. The number of aryl methyl sites for hydroxylation is 2. The Labute approximate surface area is 373 Å². The molecule has 0 aromatic heterocycles. The lowest BCUT2D eigenvalue weighted by Crippen LogP contribution is -2.61. The quantitative estimate of drug-likeness (QED) is 0.165. The molecular weight excluding hydrogens is 749 g/mol. The number of anilines is 8. The fourth-order valence-electron chi connectivity index (χ4n) is 11.9. The standard InChI is InChI=1S/C58H66BN3/c1-37-32-51-53-52(33-37)61(47-28-22-40(34-38(47)2)55(6,7)8)49-29-23-41(56(9,10)11)35-46(49)59(53)45-27-26-43(36-50(45)60(51)42-24-20-39(21-25-42)54(3,4)5)62-48-19-15-14-18-44(48)57(12)30-16-17-31-58(57,62)13/h14-15,18-29,32-36H,16-17,30-31H2,1-13H3. The molecule has 1 saturated carbocycles. The Morgan fingerprint density at radius 2 is 1.06 bits per heavy atom. The van der Waals surface area contributed by atoms with E-state index in [9.17, 15) is 0 Å². The first-order valence-corrected chi connectivity index (χ1v) is 23.4. The molecule has 3 heterocycles. The number of benzene rings is 6. The van der Waals surface area contributed by atoms with Gasteiger partial charge >= 0.3 is 0 Å². The van der Waals surface area contributed by atoms with E-state index in [0.717, 1.165) is 0 Å². The fourth-order valence-corrected chi connectivity index (χ4v) is 11.9. The van der Waals surface area contributed by atoms with Crippen molar-refractivity contribution in [1.29, 1.82) is 0 Å². The van der Waals surface area contributed by atoms with Crippen LogP contribution in [0.1, 0.15) is 135 Å². The van der Waals surface area contributed by atoms with Crippen molar-refractivity contribution in [3.05, 3.63) is 149 Å². The van der Waals surface area contributed by atoms with Gasteiger partial charge in [-0.3, -0.25) is 0 Å². The summed E-state index contributed by atoms with van der Waals surface area (Å²) in [7, 11) is 0. The number of rotatable bonds is 3. The summed E-state index contributed by atoms with van der Waals surface area (Å²) in [5.41, 5.74) is 22.6. The van der Waals surface area contributed by atoms with E-state index in [1.165, 1.54) is 121 Å². The van der Waals surface area contributed by atoms with Crippen molar-refractivity contribution >= 4 is 68.6 Å². The molecule has 4 heteroatoms. The van der Waals surface area contributed by atoms with Crippen LogP contribution in [0.3, 0.4) is 0 Å². The normalized spacial score (nSPS) is 20.4. The summed E-state index contributed by atoms with van der Waals surface area (Å²) in [6.07, 6.45) is 4.93. The van der Waals surface area contributed by atoms with Crippen molar-refractivity contribution in [2.24, 2.45) is 0 Å². The molecule has 4 aliphatic rings. The highest BCUT2D eigenvalue weighted by molar-refractivity contribution is 7.00. The molecule has 3 aliphatic heterocycles. The molecule has 0 spiro atoms. The summed E-state index contributed by atoms with van der Waals surface area (Å²) >= 11 is 0. The minimum Gasteiger partial charge on any atom is -0.334 e. The van der Waals surface area contributed by atoms with Crippen LogP contribution in [0, 0.1) is 13.8 Å². The average Bonchev–Trinajstić information content (AvgIpc) is 3.42. The van der Waals surface area contributed by atoms with Crippen LogP contribution < -0.4 is 31.1 Å². The maximum atomic E-state index is 2.75. The summed E-state index contributed by atoms with van der Waals surface area (Å²) < 4.78 is 0. The first-order valence-electron chi connectivity index (χ1n) is 23.4. The van der Waals surface area contributed by atoms with Gasteiger partial charge in [-0.15, -0.1) is 0 Å². The smallest absolute Gasteiger partial charge is 0.252 e.